The van der Waals surface area contributed by atoms with E-state index in [0.29, 0.717) is 13.0 Å². The topological polar surface area (TPSA) is 47.3 Å². The first-order valence-electron chi connectivity index (χ1n) is 6.14. The summed E-state index contributed by atoms with van der Waals surface area (Å²) in [5.74, 6) is 5.15. The largest absolute Gasteiger partial charge is 0.377 e. The van der Waals surface area contributed by atoms with Crippen molar-refractivity contribution >= 4 is 11.6 Å². The minimum atomic E-state index is -0.408. The fraction of sp³-hybridized carbons (Fsp3) is 0.538. The van der Waals surface area contributed by atoms with Crippen LogP contribution in [0.2, 0.25) is 5.02 Å². The van der Waals surface area contributed by atoms with Crippen LogP contribution in [0.25, 0.3) is 0 Å². The van der Waals surface area contributed by atoms with Crippen LogP contribution in [0.3, 0.4) is 0 Å². The summed E-state index contributed by atoms with van der Waals surface area (Å²) in [5, 5.41) is 0.132. The Morgan fingerprint density at radius 3 is 2.67 bits per heavy atom. The van der Waals surface area contributed by atoms with Gasteiger partial charge in [-0.15, -0.1) is 0 Å². The molecule has 0 bridgehead atoms. The molecule has 2 unspecified atom stereocenters. The van der Waals surface area contributed by atoms with Gasteiger partial charge in [0.05, 0.1) is 17.2 Å². The molecule has 0 fully saturated rings. The van der Waals surface area contributed by atoms with Crippen LogP contribution in [0.15, 0.2) is 18.2 Å². The summed E-state index contributed by atoms with van der Waals surface area (Å²) >= 11 is 5.76. The van der Waals surface area contributed by atoms with Crippen molar-refractivity contribution in [3.63, 3.8) is 0 Å². The highest BCUT2D eigenvalue weighted by Crippen LogP contribution is 2.18. The van der Waals surface area contributed by atoms with Crippen molar-refractivity contribution < 1.29 is 9.13 Å². The molecule has 18 heavy (non-hydrogen) atoms. The van der Waals surface area contributed by atoms with E-state index in [1.54, 1.807) is 12.1 Å². The summed E-state index contributed by atoms with van der Waals surface area (Å²) in [4.78, 5) is 0. The summed E-state index contributed by atoms with van der Waals surface area (Å²) in [6.45, 7) is 4.63. The summed E-state index contributed by atoms with van der Waals surface area (Å²) < 4.78 is 18.7. The summed E-state index contributed by atoms with van der Waals surface area (Å²) in [7, 11) is 0. The van der Waals surface area contributed by atoms with Crippen molar-refractivity contribution in [2.24, 2.45) is 5.84 Å². The Morgan fingerprint density at radius 1 is 1.44 bits per heavy atom. The lowest BCUT2D eigenvalue weighted by Gasteiger charge is -2.25. The lowest BCUT2D eigenvalue weighted by atomic mass is 10.00. The minimum absolute atomic E-state index is 0.0172. The zero-order valence-corrected chi connectivity index (χ0v) is 11.5. The number of hydrogen-bond acceptors (Lipinski definition) is 3. The lowest BCUT2D eigenvalue weighted by molar-refractivity contribution is 0.0319. The Balaban J connectivity index is 2.74. The zero-order valence-electron chi connectivity index (χ0n) is 10.7. The van der Waals surface area contributed by atoms with Gasteiger partial charge in [0.1, 0.15) is 5.82 Å². The van der Waals surface area contributed by atoms with Crippen molar-refractivity contribution in [1.82, 2.24) is 5.43 Å². The molecule has 1 aromatic carbocycles. The van der Waals surface area contributed by atoms with Gasteiger partial charge in [0.15, 0.2) is 0 Å². The third kappa shape index (κ3) is 4.21. The van der Waals surface area contributed by atoms with E-state index in [9.17, 15) is 4.39 Å². The lowest BCUT2D eigenvalue weighted by Crippen LogP contribution is -2.46. The van der Waals surface area contributed by atoms with Gasteiger partial charge in [0.25, 0.3) is 0 Å². The predicted molar refractivity (Wildman–Crippen MR) is 71.9 cm³/mol. The molecule has 0 heterocycles. The quantitative estimate of drug-likeness (QED) is 0.594. The molecular formula is C13H20ClFN2O. The van der Waals surface area contributed by atoms with Crippen LogP contribution in [0.4, 0.5) is 4.39 Å². The maximum absolute atomic E-state index is 13.1. The van der Waals surface area contributed by atoms with Crippen molar-refractivity contribution in [1.29, 1.82) is 0 Å². The highest BCUT2D eigenvalue weighted by Gasteiger charge is 2.19. The second-order valence-electron chi connectivity index (χ2n) is 4.13. The van der Waals surface area contributed by atoms with Gasteiger partial charge in [-0.3, -0.25) is 11.3 Å². The third-order valence-corrected chi connectivity index (χ3v) is 3.18. The molecule has 3 nitrogen and oxygen atoms in total. The van der Waals surface area contributed by atoms with Crippen LogP contribution >= 0.6 is 11.6 Å². The normalized spacial score (nSPS) is 14.5. The number of benzene rings is 1. The van der Waals surface area contributed by atoms with Crippen LogP contribution in [0.5, 0.6) is 0 Å². The number of nitrogens with two attached hydrogens (primary N) is 1. The highest BCUT2D eigenvalue weighted by molar-refractivity contribution is 6.30. The fourth-order valence-corrected chi connectivity index (χ4v) is 2.15. The Kier molecular flexibility index (Phi) is 6.57. The molecule has 0 aromatic heterocycles. The van der Waals surface area contributed by atoms with E-state index in [2.05, 4.69) is 5.43 Å². The molecular weight excluding hydrogens is 255 g/mol. The molecule has 0 aliphatic rings. The number of nitrogens with one attached hydrogen (secondary N) is 1. The second-order valence-corrected chi connectivity index (χ2v) is 4.53. The molecule has 0 aliphatic carbocycles. The molecule has 0 aliphatic heterocycles. The van der Waals surface area contributed by atoms with E-state index in [-0.39, 0.29) is 17.2 Å². The Morgan fingerprint density at radius 2 is 2.17 bits per heavy atom. The predicted octanol–water partition coefficient (Wildman–Crippen LogP) is 2.67. The Hall–Kier alpha value is -0.680. The smallest absolute Gasteiger partial charge is 0.141 e. The molecule has 102 valence electrons. The maximum Gasteiger partial charge on any atom is 0.141 e. The highest BCUT2D eigenvalue weighted by atomic mass is 35.5. The first-order chi connectivity index (χ1) is 8.62. The molecule has 0 radical (unpaired) electrons. The first kappa shape index (κ1) is 15.4. The van der Waals surface area contributed by atoms with Crippen LogP contribution in [0.1, 0.15) is 25.8 Å². The van der Waals surface area contributed by atoms with E-state index >= 15 is 0 Å². The molecule has 1 rings (SSSR count). The third-order valence-electron chi connectivity index (χ3n) is 2.89. The van der Waals surface area contributed by atoms with Gasteiger partial charge < -0.3 is 4.74 Å². The van der Waals surface area contributed by atoms with E-state index in [1.165, 1.54) is 6.07 Å². The van der Waals surface area contributed by atoms with Crippen LogP contribution in [-0.2, 0) is 11.2 Å². The van der Waals surface area contributed by atoms with Crippen molar-refractivity contribution in [3.05, 3.63) is 34.6 Å². The molecule has 0 amide bonds. The second kappa shape index (κ2) is 7.69. The monoisotopic (exact) mass is 274 g/mol. The molecule has 0 saturated carbocycles. The van der Waals surface area contributed by atoms with E-state index < -0.39 is 5.82 Å². The molecule has 2 atom stereocenters. The van der Waals surface area contributed by atoms with Crippen LogP contribution in [-0.4, -0.2) is 18.8 Å². The molecule has 1 aromatic rings. The van der Waals surface area contributed by atoms with Gasteiger partial charge in [0, 0.05) is 6.61 Å². The average Bonchev–Trinajstić information content (AvgIpc) is 2.37. The minimum Gasteiger partial charge on any atom is -0.377 e. The maximum atomic E-state index is 13.1. The number of rotatable bonds is 7. The molecule has 0 spiro atoms. The van der Waals surface area contributed by atoms with Crippen molar-refractivity contribution in [3.8, 4) is 0 Å². The number of ether oxygens (including phenoxy) is 1. The number of hydrazine groups is 1. The number of hydrogen-bond donors (Lipinski definition) is 2. The molecule has 0 saturated heterocycles. The Labute approximate surface area is 112 Å². The van der Waals surface area contributed by atoms with Crippen molar-refractivity contribution in [2.75, 3.05) is 6.61 Å². The SMILES string of the molecule is CCOC(CC)C(Cc1ccc(F)c(Cl)c1)NN. The Bertz CT molecular complexity index is 376. The van der Waals surface area contributed by atoms with Crippen LogP contribution < -0.4 is 11.3 Å². The first-order valence-corrected chi connectivity index (χ1v) is 6.51. The van der Waals surface area contributed by atoms with E-state index in [0.717, 1.165) is 12.0 Å². The molecule has 3 N–H and O–H groups in total. The van der Waals surface area contributed by atoms with E-state index in [4.69, 9.17) is 22.2 Å². The van der Waals surface area contributed by atoms with Gasteiger partial charge in [-0.25, -0.2) is 4.39 Å². The van der Waals surface area contributed by atoms with Gasteiger partial charge >= 0.3 is 0 Å². The van der Waals surface area contributed by atoms with Gasteiger partial charge in [-0.05, 0) is 37.5 Å². The zero-order chi connectivity index (χ0) is 13.5. The number of halogens is 2. The van der Waals surface area contributed by atoms with E-state index in [1.807, 2.05) is 13.8 Å². The van der Waals surface area contributed by atoms with Gasteiger partial charge in [-0.1, -0.05) is 24.6 Å². The van der Waals surface area contributed by atoms with Gasteiger partial charge in [-0.2, -0.15) is 0 Å². The van der Waals surface area contributed by atoms with Crippen LogP contribution in [0, 0.1) is 5.82 Å². The molecule has 5 heteroatoms. The fourth-order valence-electron chi connectivity index (χ4n) is 1.95. The van der Waals surface area contributed by atoms with Crippen molar-refractivity contribution in [2.45, 2.75) is 38.8 Å². The summed E-state index contributed by atoms with van der Waals surface area (Å²) in [6.07, 6.45) is 1.54. The summed E-state index contributed by atoms with van der Waals surface area (Å²) in [6, 6.07) is 4.69. The average molecular weight is 275 g/mol. The summed E-state index contributed by atoms with van der Waals surface area (Å²) in [5.41, 5.74) is 3.69. The standard InChI is InChI=1S/C13H20ClFN2O/c1-3-13(18-4-2)12(17-16)8-9-5-6-11(15)10(14)7-9/h5-7,12-13,17H,3-4,8,16H2,1-2H3. The van der Waals surface area contributed by atoms with Gasteiger partial charge in [0.2, 0.25) is 0 Å².